The monoisotopic (exact) mass is 226 g/mol. The molecule has 0 aromatic heterocycles. The third-order valence-electron chi connectivity index (χ3n) is 4.37. The van der Waals surface area contributed by atoms with Crippen LogP contribution >= 0.6 is 0 Å². The smallest absolute Gasteiger partial charge is 0.152 e. The van der Waals surface area contributed by atoms with Gasteiger partial charge in [-0.1, -0.05) is 39.3 Å². The van der Waals surface area contributed by atoms with E-state index >= 15 is 0 Å². The quantitative estimate of drug-likeness (QED) is 0.578. The molecular formula is C14H26O2. The van der Waals surface area contributed by atoms with Crippen molar-refractivity contribution < 1.29 is 9.84 Å². The fraction of sp³-hybridized carbons (Fsp3) is 0.857. The Morgan fingerprint density at radius 2 is 1.69 bits per heavy atom. The topological polar surface area (TPSA) is 29.5 Å². The number of rotatable bonds is 2. The summed E-state index contributed by atoms with van der Waals surface area (Å²) >= 11 is 0. The Bertz CT molecular complexity index is 257. The molecular weight excluding hydrogens is 200 g/mol. The van der Waals surface area contributed by atoms with Crippen molar-refractivity contribution >= 4 is 0 Å². The van der Waals surface area contributed by atoms with Crippen molar-refractivity contribution in [2.75, 3.05) is 0 Å². The lowest BCUT2D eigenvalue weighted by Gasteiger charge is -2.44. The first kappa shape index (κ1) is 13.7. The highest BCUT2D eigenvalue weighted by molar-refractivity contribution is 5.16. The molecule has 2 nitrogen and oxygen atoms in total. The van der Waals surface area contributed by atoms with Gasteiger partial charge in [-0.3, -0.25) is 0 Å². The van der Waals surface area contributed by atoms with Crippen LogP contribution in [0.4, 0.5) is 0 Å². The van der Waals surface area contributed by atoms with Crippen LogP contribution in [0.5, 0.6) is 0 Å². The number of aliphatic hydroxyl groups is 1. The van der Waals surface area contributed by atoms with Crippen molar-refractivity contribution in [3.05, 3.63) is 11.6 Å². The largest absolute Gasteiger partial charge is 0.368 e. The number of aliphatic hydroxyl groups excluding tert-OH is 1. The minimum absolute atomic E-state index is 0.136. The molecule has 1 saturated carbocycles. The second-order valence-electron chi connectivity index (χ2n) is 5.28. The van der Waals surface area contributed by atoms with E-state index in [2.05, 4.69) is 40.7 Å². The highest BCUT2D eigenvalue weighted by Crippen LogP contribution is 2.43. The van der Waals surface area contributed by atoms with Crippen LogP contribution in [0.25, 0.3) is 0 Å². The molecule has 1 aliphatic carbocycles. The molecule has 0 saturated heterocycles. The highest BCUT2D eigenvalue weighted by atomic mass is 16.6. The van der Waals surface area contributed by atoms with E-state index in [1.54, 1.807) is 6.92 Å². The lowest BCUT2D eigenvalue weighted by molar-refractivity contribution is -0.164. The van der Waals surface area contributed by atoms with Crippen molar-refractivity contribution in [3.63, 3.8) is 0 Å². The van der Waals surface area contributed by atoms with Crippen molar-refractivity contribution in [1.29, 1.82) is 0 Å². The van der Waals surface area contributed by atoms with Gasteiger partial charge in [-0.2, -0.15) is 0 Å². The summed E-state index contributed by atoms with van der Waals surface area (Å²) in [7, 11) is 0. The average Bonchev–Trinajstić information content (AvgIpc) is 2.22. The Balaban J connectivity index is 2.91. The number of hydrogen-bond donors (Lipinski definition) is 1. The molecule has 6 atom stereocenters. The third-order valence-corrected chi connectivity index (χ3v) is 4.37. The summed E-state index contributed by atoms with van der Waals surface area (Å²) < 4.78 is 5.68. The van der Waals surface area contributed by atoms with E-state index in [9.17, 15) is 5.11 Å². The van der Waals surface area contributed by atoms with E-state index in [-0.39, 0.29) is 6.10 Å². The fourth-order valence-electron chi connectivity index (χ4n) is 3.11. The van der Waals surface area contributed by atoms with Crippen LogP contribution < -0.4 is 0 Å². The lowest BCUT2D eigenvalue weighted by Crippen LogP contribution is -2.44. The lowest BCUT2D eigenvalue weighted by atomic mass is 9.65. The molecule has 1 rings (SSSR count). The molecule has 0 bridgehead atoms. The van der Waals surface area contributed by atoms with Gasteiger partial charge in [-0.05, 0) is 31.6 Å². The van der Waals surface area contributed by atoms with Crippen LogP contribution in [-0.4, -0.2) is 17.5 Å². The van der Waals surface area contributed by atoms with Crippen molar-refractivity contribution in [2.45, 2.75) is 53.9 Å². The molecule has 0 aromatic rings. The van der Waals surface area contributed by atoms with Gasteiger partial charge in [-0.15, -0.1) is 0 Å². The minimum atomic E-state index is -0.673. The summed E-state index contributed by atoms with van der Waals surface area (Å²) in [6.45, 7) is 12.8. The van der Waals surface area contributed by atoms with Crippen molar-refractivity contribution in [1.82, 2.24) is 0 Å². The molecule has 0 radical (unpaired) electrons. The van der Waals surface area contributed by atoms with Crippen molar-refractivity contribution in [3.8, 4) is 0 Å². The second kappa shape index (κ2) is 5.33. The summed E-state index contributed by atoms with van der Waals surface area (Å²) in [5, 5.41) is 9.41. The van der Waals surface area contributed by atoms with E-state index in [1.807, 2.05) is 0 Å². The number of allylic oxidation sites excluding steroid dienone is 1. The van der Waals surface area contributed by atoms with Gasteiger partial charge in [0, 0.05) is 5.92 Å². The first-order valence-electron chi connectivity index (χ1n) is 6.39. The zero-order chi connectivity index (χ0) is 12.5. The van der Waals surface area contributed by atoms with Gasteiger partial charge in [0.1, 0.15) is 0 Å². The zero-order valence-corrected chi connectivity index (χ0v) is 11.4. The summed E-state index contributed by atoms with van der Waals surface area (Å²) in [6.07, 6.45) is 1.68. The molecule has 1 fully saturated rings. The zero-order valence-electron chi connectivity index (χ0n) is 11.4. The SMILES string of the molecule is C/C=C1\[C@@H](C)[C@@H](OC(C)O)[C@H](C)[C@@H](C)[C@H]1C. The van der Waals surface area contributed by atoms with Gasteiger partial charge in [0.2, 0.25) is 0 Å². The van der Waals surface area contributed by atoms with Crippen LogP contribution in [-0.2, 0) is 4.74 Å². The standard InChI is InChI=1S/C14H26O2/c1-7-13-9(3)8(2)10(4)14(11(13)5)16-12(6)15/h7-12,14-15H,1-6H3/b13-7-/t8-,9+,10+,11+,12?,14-/m0/s1. The van der Waals surface area contributed by atoms with Gasteiger partial charge in [0.15, 0.2) is 6.29 Å². The van der Waals surface area contributed by atoms with Crippen LogP contribution in [0.1, 0.15) is 41.5 Å². The van der Waals surface area contributed by atoms with Crippen molar-refractivity contribution in [2.24, 2.45) is 23.7 Å². The number of hydrogen-bond acceptors (Lipinski definition) is 2. The molecule has 0 aromatic carbocycles. The Kier molecular flexibility index (Phi) is 4.57. The summed E-state index contributed by atoms with van der Waals surface area (Å²) in [4.78, 5) is 0. The Morgan fingerprint density at radius 3 is 2.12 bits per heavy atom. The molecule has 0 amide bonds. The molecule has 1 aliphatic rings. The van der Waals surface area contributed by atoms with Crippen LogP contribution in [0.3, 0.4) is 0 Å². The molecule has 1 N–H and O–H groups in total. The summed E-state index contributed by atoms with van der Waals surface area (Å²) in [5.74, 6) is 2.11. The van der Waals surface area contributed by atoms with Gasteiger partial charge in [-0.25, -0.2) is 0 Å². The molecule has 16 heavy (non-hydrogen) atoms. The molecule has 94 valence electrons. The van der Waals surface area contributed by atoms with E-state index in [0.29, 0.717) is 23.7 Å². The maximum atomic E-state index is 9.41. The van der Waals surface area contributed by atoms with Gasteiger partial charge >= 0.3 is 0 Å². The molecule has 0 spiro atoms. The van der Waals surface area contributed by atoms with E-state index in [1.165, 1.54) is 5.57 Å². The Hall–Kier alpha value is -0.340. The van der Waals surface area contributed by atoms with E-state index in [4.69, 9.17) is 4.74 Å². The highest BCUT2D eigenvalue weighted by Gasteiger charge is 2.40. The van der Waals surface area contributed by atoms with Crippen LogP contribution in [0.15, 0.2) is 11.6 Å². The molecule has 0 aliphatic heterocycles. The normalized spacial score (nSPS) is 44.7. The molecule has 1 unspecified atom stereocenters. The third kappa shape index (κ3) is 2.49. The predicted octanol–water partition coefficient (Wildman–Crippen LogP) is 3.21. The Labute approximate surface area is 99.7 Å². The van der Waals surface area contributed by atoms with Gasteiger partial charge in [0.05, 0.1) is 6.10 Å². The minimum Gasteiger partial charge on any atom is -0.368 e. The second-order valence-corrected chi connectivity index (χ2v) is 5.28. The van der Waals surface area contributed by atoms with E-state index < -0.39 is 6.29 Å². The average molecular weight is 226 g/mol. The Morgan fingerprint density at radius 1 is 1.12 bits per heavy atom. The summed E-state index contributed by atoms with van der Waals surface area (Å²) in [5.41, 5.74) is 1.47. The first-order chi connectivity index (χ1) is 7.40. The van der Waals surface area contributed by atoms with Gasteiger partial charge < -0.3 is 9.84 Å². The van der Waals surface area contributed by atoms with Crippen LogP contribution in [0, 0.1) is 23.7 Å². The first-order valence-corrected chi connectivity index (χ1v) is 6.39. The molecule has 2 heteroatoms. The fourth-order valence-corrected chi connectivity index (χ4v) is 3.11. The number of ether oxygens (including phenoxy) is 1. The maximum Gasteiger partial charge on any atom is 0.152 e. The maximum absolute atomic E-state index is 9.41. The summed E-state index contributed by atoms with van der Waals surface area (Å²) in [6, 6.07) is 0. The van der Waals surface area contributed by atoms with Gasteiger partial charge in [0.25, 0.3) is 0 Å². The molecule has 0 heterocycles. The van der Waals surface area contributed by atoms with Crippen LogP contribution in [0.2, 0.25) is 0 Å². The van der Waals surface area contributed by atoms with E-state index in [0.717, 1.165) is 0 Å². The predicted molar refractivity (Wildman–Crippen MR) is 67.0 cm³/mol.